The van der Waals surface area contributed by atoms with E-state index < -0.39 is 0 Å². The van der Waals surface area contributed by atoms with Gasteiger partial charge in [-0.1, -0.05) is 12.1 Å². The molecule has 0 unspecified atom stereocenters. The van der Waals surface area contributed by atoms with Crippen molar-refractivity contribution in [3.05, 3.63) is 40.4 Å². The fraction of sp³-hybridized carbons (Fsp3) is 0.467. The molecule has 0 saturated carbocycles. The van der Waals surface area contributed by atoms with Crippen LogP contribution in [0, 0.1) is 11.7 Å². The highest BCUT2D eigenvalue weighted by atomic mass is 32.1. The Morgan fingerprint density at radius 1 is 1.29 bits per heavy atom. The summed E-state index contributed by atoms with van der Waals surface area (Å²) in [6.45, 7) is 6.15. The van der Waals surface area contributed by atoms with Gasteiger partial charge in [0.25, 0.3) is 0 Å². The van der Waals surface area contributed by atoms with Gasteiger partial charge >= 0.3 is 0 Å². The highest BCUT2D eigenvalue weighted by Crippen LogP contribution is 2.13. The van der Waals surface area contributed by atoms with Crippen LogP contribution in [0.1, 0.15) is 18.3 Å². The van der Waals surface area contributed by atoms with Gasteiger partial charge in [0.15, 0.2) is 4.77 Å². The van der Waals surface area contributed by atoms with Crippen LogP contribution in [0.2, 0.25) is 0 Å². The Morgan fingerprint density at radius 3 is 2.48 bits per heavy atom. The van der Waals surface area contributed by atoms with Gasteiger partial charge in [-0.25, -0.2) is 4.68 Å². The van der Waals surface area contributed by atoms with Crippen LogP contribution >= 0.6 is 12.2 Å². The quantitative estimate of drug-likeness (QED) is 0.769. The van der Waals surface area contributed by atoms with Crippen LogP contribution in [-0.2, 0) is 20.3 Å². The van der Waals surface area contributed by atoms with Gasteiger partial charge in [0.1, 0.15) is 11.6 Å². The summed E-state index contributed by atoms with van der Waals surface area (Å²) in [6.07, 6.45) is 0. The van der Waals surface area contributed by atoms with Crippen molar-refractivity contribution in [3.8, 4) is 5.75 Å². The van der Waals surface area contributed by atoms with Crippen molar-refractivity contribution in [2.24, 2.45) is 7.05 Å². The number of nitrogens with zero attached hydrogens (tertiary/aromatic N) is 4. The molecule has 21 heavy (non-hydrogen) atoms. The minimum Gasteiger partial charge on any atom is -0.494 e. The molecule has 0 aliphatic rings. The second-order valence-corrected chi connectivity index (χ2v) is 5.49. The molecule has 0 saturated heterocycles. The lowest BCUT2D eigenvalue weighted by Crippen LogP contribution is -2.22. The first-order chi connectivity index (χ1) is 10.0. The highest BCUT2D eigenvalue weighted by Gasteiger charge is 2.07. The van der Waals surface area contributed by atoms with Gasteiger partial charge in [-0.15, -0.1) is 0 Å². The van der Waals surface area contributed by atoms with Crippen LogP contribution in [0.25, 0.3) is 0 Å². The number of benzene rings is 1. The van der Waals surface area contributed by atoms with Crippen molar-refractivity contribution >= 4 is 12.2 Å². The highest BCUT2D eigenvalue weighted by molar-refractivity contribution is 7.71. The zero-order valence-corrected chi connectivity index (χ0v) is 13.9. The molecule has 0 spiro atoms. The van der Waals surface area contributed by atoms with E-state index in [0.29, 0.717) is 13.3 Å². The van der Waals surface area contributed by atoms with E-state index in [0.717, 1.165) is 22.9 Å². The number of rotatable bonds is 6. The third kappa shape index (κ3) is 3.92. The van der Waals surface area contributed by atoms with Gasteiger partial charge < -0.3 is 9.30 Å². The molecule has 5 nitrogen and oxygen atoms in total. The Hall–Kier alpha value is -1.66. The Kier molecular flexibility index (Phi) is 5.14. The number of aryl methyl sites for hydroxylation is 1. The summed E-state index contributed by atoms with van der Waals surface area (Å²) in [7, 11) is 4.00. The van der Waals surface area contributed by atoms with Crippen molar-refractivity contribution < 1.29 is 4.74 Å². The van der Waals surface area contributed by atoms with Crippen molar-refractivity contribution in [3.63, 3.8) is 0 Å². The molecule has 2 rings (SSSR count). The number of ether oxygens (including phenoxy) is 1. The Labute approximate surface area is 130 Å². The normalized spacial score (nSPS) is 11.1. The third-order valence-electron chi connectivity index (χ3n) is 3.32. The molecule has 6 heteroatoms. The number of hydrogen-bond donors (Lipinski definition) is 0. The van der Waals surface area contributed by atoms with Crippen LogP contribution in [0.3, 0.4) is 0 Å². The maximum Gasteiger partial charge on any atom is 0.198 e. The van der Waals surface area contributed by atoms with E-state index in [2.05, 4.69) is 29.2 Å². The average molecular weight is 306 g/mol. The molecule has 0 amide bonds. The second kappa shape index (κ2) is 6.87. The monoisotopic (exact) mass is 306 g/mol. The van der Waals surface area contributed by atoms with E-state index in [9.17, 15) is 0 Å². The topological polar surface area (TPSA) is 35.2 Å². The van der Waals surface area contributed by atoms with Crippen molar-refractivity contribution in [1.29, 1.82) is 0 Å². The van der Waals surface area contributed by atoms with Crippen molar-refractivity contribution in [2.75, 3.05) is 13.7 Å². The third-order valence-corrected chi connectivity index (χ3v) is 3.81. The molecule has 0 N–H and O–H groups in total. The van der Waals surface area contributed by atoms with Gasteiger partial charge in [-0.05, 0) is 50.8 Å². The van der Waals surface area contributed by atoms with Gasteiger partial charge in [0, 0.05) is 13.6 Å². The van der Waals surface area contributed by atoms with Crippen molar-refractivity contribution in [1.82, 2.24) is 19.2 Å². The summed E-state index contributed by atoms with van der Waals surface area (Å²) in [6, 6.07) is 8.18. The molecule has 0 bridgehead atoms. The lowest BCUT2D eigenvalue weighted by molar-refractivity contribution is 0.243. The second-order valence-electron chi connectivity index (χ2n) is 5.12. The van der Waals surface area contributed by atoms with Crippen molar-refractivity contribution in [2.45, 2.75) is 27.1 Å². The molecule has 2 aromatic rings. The first kappa shape index (κ1) is 15.7. The van der Waals surface area contributed by atoms with Crippen LogP contribution in [0.4, 0.5) is 0 Å². The van der Waals surface area contributed by atoms with E-state index >= 15 is 0 Å². The minimum absolute atomic E-state index is 0.674. The maximum atomic E-state index is 5.45. The molecule has 114 valence electrons. The van der Waals surface area contributed by atoms with E-state index in [1.165, 1.54) is 5.56 Å². The first-order valence-electron chi connectivity index (χ1n) is 7.02. The molecular formula is C15H22N4OS. The van der Waals surface area contributed by atoms with Gasteiger partial charge in [0.2, 0.25) is 0 Å². The minimum atomic E-state index is 0.674. The maximum absolute atomic E-state index is 5.45. The molecular weight excluding hydrogens is 284 g/mol. The summed E-state index contributed by atoms with van der Waals surface area (Å²) in [5.74, 6) is 1.83. The lowest BCUT2D eigenvalue weighted by Gasteiger charge is -2.16. The van der Waals surface area contributed by atoms with E-state index in [4.69, 9.17) is 17.0 Å². The SMILES string of the molecule is CCOc1ccc(CN(C)Cn2nc(C)n(C)c2=S)cc1. The summed E-state index contributed by atoms with van der Waals surface area (Å²) >= 11 is 5.36. The summed E-state index contributed by atoms with van der Waals surface area (Å²) in [5, 5.41) is 4.44. The number of aromatic nitrogens is 3. The molecule has 0 fully saturated rings. The van der Waals surface area contributed by atoms with Gasteiger partial charge in [-0.2, -0.15) is 5.10 Å². The number of hydrogen-bond acceptors (Lipinski definition) is 4. The molecule has 0 atom stereocenters. The van der Waals surface area contributed by atoms with E-state index in [-0.39, 0.29) is 0 Å². The summed E-state index contributed by atoms with van der Waals surface area (Å²) in [4.78, 5) is 2.18. The summed E-state index contributed by atoms with van der Waals surface area (Å²) in [5.41, 5.74) is 1.24. The lowest BCUT2D eigenvalue weighted by atomic mass is 10.2. The van der Waals surface area contributed by atoms with Gasteiger partial charge in [-0.3, -0.25) is 4.90 Å². The predicted molar refractivity (Wildman–Crippen MR) is 85.8 cm³/mol. The predicted octanol–water partition coefficient (Wildman–Crippen LogP) is 2.75. The van der Waals surface area contributed by atoms with Crippen LogP contribution in [-0.4, -0.2) is 32.9 Å². The zero-order valence-electron chi connectivity index (χ0n) is 13.0. The van der Waals surface area contributed by atoms with Crippen LogP contribution in [0.5, 0.6) is 5.75 Å². The first-order valence-corrected chi connectivity index (χ1v) is 7.42. The summed E-state index contributed by atoms with van der Waals surface area (Å²) < 4.78 is 9.95. The Morgan fingerprint density at radius 2 is 1.95 bits per heavy atom. The zero-order chi connectivity index (χ0) is 15.4. The molecule has 1 aromatic heterocycles. The van der Waals surface area contributed by atoms with E-state index in [1.54, 1.807) is 0 Å². The largest absolute Gasteiger partial charge is 0.494 e. The van der Waals surface area contributed by atoms with E-state index in [1.807, 2.05) is 42.3 Å². The standard InChI is InChI=1S/C15H22N4OS/c1-5-20-14-8-6-13(7-9-14)10-17(3)11-19-15(21)18(4)12(2)16-19/h6-9H,5,10-11H2,1-4H3. The molecule has 0 aliphatic heterocycles. The van der Waals surface area contributed by atoms with Crippen LogP contribution in [0.15, 0.2) is 24.3 Å². The molecule has 0 radical (unpaired) electrons. The average Bonchev–Trinajstić information content (AvgIpc) is 2.69. The molecule has 0 aliphatic carbocycles. The fourth-order valence-corrected chi connectivity index (χ4v) is 2.37. The van der Waals surface area contributed by atoms with Gasteiger partial charge in [0.05, 0.1) is 13.3 Å². The smallest absolute Gasteiger partial charge is 0.198 e. The molecule has 1 aromatic carbocycles. The fourth-order valence-electron chi connectivity index (χ4n) is 2.14. The Balaban J connectivity index is 1.99. The molecule has 1 heterocycles. The van der Waals surface area contributed by atoms with Crippen LogP contribution < -0.4 is 4.74 Å². The Bertz CT molecular complexity index is 645.